The van der Waals surface area contributed by atoms with Crippen molar-refractivity contribution >= 4 is 52.2 Å². The number of nitrogens with zero attached hydrogens (tertiary/aromatic N) is 1. The lowest BCUT2D eigenvalue weighted by Gasteiger charge is -2.09. The van der Waals surface area contributed by atoms with Crippen LogP contribution in [-0.2, 0) is 4.74 Å². The lowest BCUT2D eigenvalue weighted by molar-refractivity contribution is -0.384. The normalized spacial score (nSPS) is 17.2. The molecule has 0 aliphatic heterocycles. The van der Waals surface area contributed by atoms with Gasteiger partial charge in [0.1, 0.15) is 9.36 Å². The second-order valence-corrected chi connectivity index (χ2v) is 8.01. The molecule has 0 heterocycles. The maximum atomic E-state index is 12.8. The summed E-state index contributed by atoms with van der Waals surface area (Å²) in [5.74, 6) is -1.40. The fourth-order valence-electron chi connectivity index (χ4n) is 2.51. The SMILES string of the molecule is O=C(OC[C@H]1CC1(Cl)Cl)c1ccccc1C(=O)c1ccc(Cl)c([N+](=O)[O-])c1. The summed E-state index contributed by atoms with van der Waals surface area (Å²) in [6, 6.07) is 9.76. The number of rotatable bonds is 6. The van der Waals surface area contributed by atoms with Gasteiger partial charge in [0, 0.05) is 23.1 Å². The van der Waals surface area contributed by atoms with E-state index in [0.29, 0.717) is 6.42 Å². The number of ether oxygens (including phenoxy) is 1. The van der Waals surface area contributed by atoms with Gasteiger partial charge in [-0.1, -0.05) is 29.8 Å². The number of hydrogen-bond acceptors (Lipinski definition) is 5. The first-order valence-electron chi connectivity index (χ1n) is 7.83. The van der Waals surface area contributed by atoms with Gasteiger partial charge in [-0.3, -0.25) is 14.9 Å². The number of alkyl halides is 2. The molecule has 9 heteroatoms. The Bertz CT molecular complexity index is 944. The molecule has 3 rings (SSSR count). The summed E-state index contributed by atoms with van der Waals surface area (Å²) in [6.07, 6.45) is 0.526. The zero-order chi connectivity index (χ0) is 19.8. The van der Waals surface area contributed by atoms with Crippen LogP contribution < -0.4 is 0 Å². The molecule has 140 valence electrons. The van der Waals surface area contributed by atoms with E-state index in [-0.39, 0.29) is 34.2 Å². The minimum atomic E-state index is -0.877. The quantitative estimate of drug-likeness (QED) is 0.216. The van der Waals surface area contributed by atoms with E-state index >= 15 is 0 Å². The van der Waals surface area contributed by atoms with Crippen molar-refractivity contribution in [1.82, 2.24) is 0 Å². The van der Waals surface area contributed by atoms with Crippen molar-refractivity contribution in [2.45, 2.75) is 10.8 Å². The number of carbonyl (C=O) groups is 2. The third-order valence-corrected chi connectivity index (χ3v) is 5.41. The number of carbonyl (C=O) groups excluding carboxylic acids is 2. The van der Waals surface area contributed by atoms with Gasteiger partial charge in [0.2, 0.25) is 0 Å². The molecule has 0 radical (unpaired) electrons. The summed E-state index contributed by atoms with van der Waals surface area (Å²) < 4.78 is 4.33. The van der Waals surface area contributed by atoms with E-state index in [1.165, 1.54) is 24.3 Å². The molecule has 0 saturated heterocycles. The molecule has 1 saturated carbocycles. The van der Waals surface area contributed by atoms with Crippen molar-refractivity contribution in [3.05, 3.63) is 74.3 Å². The van der Waals surface area contributed by atoms with Crippen LogP contribution in [0.15, 0.2) is 42.5 Å². The highest BCUT2D eigenvalue weighted by atomic mass is 35.5. The van der Waals surface area contributed by atoms with E-state index in [1.807, 2.05) is 0 Å². The Morgan fingerprint density at radius 3 is 2.41 bits per heavy atom. The molecule has 2 aromatic carbocycles. The van der Waals surface area contributed by atoms with Gasteiger partial charge >= 0.3 is 5.97 Å². The number of nitro benzene ring substituents is 1. The largest absolute Gasteiger partial charge is 0.462 e. The molecule has 1 atom stereocenters. The summed E-state index contributed by atoms with van der Waals surface area (Å²) in [6.45, 7) is 0.0424. The fraction of sp³-hybridized carbons (Fsp3) is 0.222. The number of esters is 1. The van der Waals surface area contributed by atoms with Crippen LogP contribution in [0.1, 0.15) is 32.7 Å². The number of halogens is 3. The van der Waals surface area contributed by atoms with Crippen LogP contribution in [0.3, 0.4) is 0 Å². The first-order valence-corrected chi connectivity index (χ1v) is 8.96. The minimum absolute atomic E-state index is 0.0362. The van der Waals surface area contributed by atoms with E-state index in [1.54, 1.807) is 12.1 Å². The molecular weight excluding hydrogens is 417 g/mol. The Balaban J connectivity index is 1.85. The molecule has 6 nitrogen and oxygen atoms in total. The first kappa shape index (κ1) is 19.6. The molecule has 0 N–H and O–H groups in total. The molecular formula is C18H12Cl3NO5. The van der Waals surface area contributed by atoms with Gasteiger partial charge in [-0.15, -0.1) is 23.2 Å². The van der Waals surface area contributed by atoms with Crippen molar-refractivity contribution in [2.75, 3.05) is 6.61 Å². The molecule has 0 bridgehead atoms. The van der Waals surface area contributed by atoms with Crippen molar-refractivity contribution in [1.29, 1.82) is 0 Å². The molecule has 0 unspecified atom stereocenters. The molecule has 1 aliphatic carbocycles. The topological polar surface area (TPSA) is 86.5 Å². The average Bonchev–Trinajstić information content (AvgIpc) is 3.26. The van der Waals surface area contributed by atoms with Crippen molar-refractivity contribution in [3.63, 3.8) is 0 Å². The van der Waals surface area contributed by atoms with Gasteiger partial charge in [-0.25, -0.2) is 4.79 Å². The van der Waals surface area contributed by atoms with Crippen molar-refractivity contribution in [2.24, 2.45) is 5.92 Å². The maximum absolute atomic E-state index is 12.8. The second kappa shape index (κ2) is 7.46. The van der Waals surface area contributed by atoms with Crippen LogP contribution in [0.4, 0.5) is 5.69 Å². The summed E-state index contributed by atoms with van der Waals surface area (Å²) in [7, 11) is 0. The first-order chi connectivity index (χ1) is 12.7. The Morgan fingerprint density at radius 2 is 1.81 bits per heavy atom. The number of hydrogen-bond donors (Lipinski definition) is 0. The van der Waals surface area contributed by atoms with Crippen LogP contribution in [0.5, 0.6) is 0 Å². The fourth-order valence-corrected chi connectivity index (χ4v) is 3.20. The van der Waals surface area contributed by atoms with Crippen LogP contribution in [0, 0.1) is 16.0 Å². The van der Waals surface area contributed by atoms with Gasteiger partial charge in [0.15, 0.2) is 5.78 Å². The summed E-state index contributed by atoms with van der Waals surface area (Å²) in [5, 5.41) is 10.9. The van der Waals surface area contributed by atoms with Crippen LogP contribution >= 0.6 is 34.8 Å². The third kappa shape index (κ3) is 4.24. The zero-order valence-corrected chi connectivity index (χ0v) is 15.9. The zero-order valence-electron chi connectivity index (χ0n) is 13.7. The molecule has 1 fully saturated rings. The average molecular weight is 429 g/mol. The predicted octanol–water partition coefficient (Wildman–Crippen LogP) is 4.83. The highest BCUT2D eigenvalue weighted by Gasteiger charge is 2.52. The molecule has 2 aromatic rings. The lowest BCUT2D eigenvalue weighted by Crippen LogP contribution is -2.14. The Hall–Kier alpha value is -2.15. The van der Waals surface area contributed by atoms with Gasteiger partial charge < -0.3 is 4.74 Å². The molecule has 0 spiro atoms. The summed E-state index contributed by atoms with van der Waals surface area (Å²) >= 11 is 17.6. The number of benzene rings is 2. The second-order valence-electron chi connectivity index (χ2n) is 6.06. The van der Waals surface area contributed by atoms with Gasteiger partial charge in [-0.2, -0.15) is 0 Å². The molecule has 0 aromatic heterocycles. The molecule has 27 heavy (non-hydrogen) atoms. The van der Waals surface area contributed by atoms with Crippen molar-refractivity contribution < 1.29 is 19.2 Å². The highest BCUT2D eigenvalue weighted by molar-refractivity contribution is 6.50. The smallest absolute Gasteiger partial charge is 0.338 e. The van der Waals surface area contributed by atoms with E-state index in [2.05, 4.69) is 0 Å². The van der Waals surface area contributed by atoms with Gasteiger partial charge in [0.25, 0.3) is 5.69 Å². The highest BCUT2D eigenvalue weighted by Crippen LogP contribution is 2.53. The summed E-state index contributed by atoms with van der Waals surface area (Å²) in [5.41, 5.74) is -0.237. The van der Waals surface area contributed by atoms with Gasteiger partial charge in [0.05, 0.1) is 17.1 Å². The van der Waals surface area contributed by atoms with Crippen LogP contribution in [0.25, 0.3) is 0 Å². The third-order valence-electron chi connectivity index (χ3n) is 4.17. The standard InChI is InChI=1S/C18H12Cl3NO5/c19-14-6-5-10(7-15(14)22(25)26)16(23)12-3-1-2-4-13(12)17(24)27-9-11-8-18(11,20)21/h1-7,11H,8-9H2/t11-/m1/s1. The number of nitro groups is 1. The predicted molar refractivity (Wildman–Crippen MR) is 101 cm³/mol. The van der Waals surface area contributed by atoms with E-state index in [0.717, 1.165) is 6.07 Å². The van der Waals surface area contributed by atoms with Crippen LogP contribution in [-0.4, -0.2) is 27.6 Å². The Kier molecular flexibility index (Phi) is 5.42. The van der Waals surface area contributed by atoms with E-state index in [4.69, 9.17) is 39.5 Å². The molecule has 1 aliphatic rings. The Morgan fingerprint density at radius 1 is 1.19 bits per heavy atom. The van der Waals surface area contributed by atoms with E-state index < -0.39 is 26.7 Å². The lowest BCUT2D eigenvalue weighted by atomic mass is 9.98. The summed E-state index contributed by atoms with van der Waals surface area (Å²) in [4.78, 5) is 35.5. The monoisotopic (exact) mass is 427 g/mol. The van der Waals surface area contributed by atoms with Crippen LogP contribution in [0.2, 0.25) is 5.02 Å². The Labute approximate surface area is 169 Å². The van der Waals surface area contributed by atoms with Crippen molar-refractivity contribution in [3.8, 4) is 0 Å². The maximum Gasteiger partial charge on any atom is 0.338 e. The number of ketones is 1. The minimum Gasteiger partial charge on any atom is -0.462 e. The van der Waals surface area contributed by atoms with E-state index in [9.17, 15) is 19.7 Å². The molecule has 0 amide bonds. The van der Waals surface area contributed by atoms with Gasteiger partial charge in [-0.05, 0) is 24.6 Å².